The van der Waals surface area contributed by atoms with Crippen molar-refractivity contribution in [3.63, 3.8) is 0 Å². The predicted molar refractivity (Wildman–Crippen MR) is 116 cm³/mol. The van der Waals surface area contributed by atoms with Crippen LogP contribution in [-0.2, 0) is 6.42 Å². The third-order valence-corrected chi connectivity index (χ3v) is 3.78. The van der Waals surface area contributed by atoms with Crippen LogP contribution in [0.2, 0.25) is 0 Å². The van der Waals surface area contributed by atoms with Gasteiger partial charge >= 0.3 is 0 Å². The highest BCUT2D eigenvalue weighted by Crippen LogP contribution is 2.13. The number of aliphatic hydroxyl groups excluding tert-OH is 1. The van der Waals surface area contributed by atoms with Gasteiger partial charge in [-0.1, -0.05) is 60.2 Å². The molecule has 2 rings (SSSR count). The average Bonchev–Trinajstić information content (AvgIpc) is 2.61. The van der Waals surface area contributed by atoms with Crippen molar-refractivity contribution in [2.75, 3.05) is 19.6 Å². The maximum atomic E-state index is 10.3. The smallest absolute Gasteiger partial charge is 0.191 e. The number of nitrogens with one attached hydrogen (secondary N) is 2. The first-order valence-electron chi connectivity index (χ1n) is 8.49. The minimum Gasteiger partial charge on any atom is -0.386 e. The summed E-state index contributed by atoms with van der Waals surface area (Å²) >= 11 is 0. The fraction of sp³-hybridized carbons (Fsp3) is 0.350. The lowest BCUT2D eigenvalue weighted by Gasteiger charge is -2.13. The number of hydrogen-bond acceptors (Lipinski definition) is 2. The summed E-state index contributed by atoms with van der Waals surface area (Å²) in [5.41, 5.74) is 3.37. The van der Waals surface area contributed by atoms with Crippen molar-refractivity contribution in [3.8, 4) is 0 Å². The lowest BCUT2D eigenvalue weighted by Crippen LogP contribution is -2.38. The molecule has 0 heterocycles. The number of guanidine groups is 1. The fourth-order valence-electron chi connectivity index (χ4n) is 2.38. The number of aliphatic imine (C=N–C) groups is 1. The first-order chi connectivity index (χ1) is 11.7. The molecule has 0 amide bonds. The molecule has 0 saturated carbocycles. The molecule has 1 unspecified atom stereocenters. The molecular weight excluding hydrogens is 425 g/mol. The molecule has 3 N–H and O–H groups in total. The SMILES string of the molecule is CCNC(=NCC(O)c1ccc(C)cc1)NCCc1ccccc1.I. The van der Waals surface area contributed by atoms with Crippen molar-refractivity contribution < 1.29 is 5.11 Å². The molecule has 5 heteroatoms. The molecule has 25 heavy (non-hydrogen) atoms. The minimum absolute atomic E-state index is 0. The Morgan fingerprint density at radius 2 is 1.72 bits per heavy atom. The zero-order chi connectivity index (χ0) is 17.2. The van der Waals surface area contributed by atoms with E-state index in [9.17, 15) is 5.11 Å². The van der Waals surface area contributed by atoms with E-state index in [1.807, 2.05) is 56.3 Å². The van der Waals surface area contributed by atoms with Crippen LogP contribution in [0.15, 0.2) is 59.6 Å². The highest BCUT2D eigenvalue weighted by atomic mass is 127. The monoisotopic (exact) mass is 453 g/mol. The van der Waals surface area contributed by atoms with E-state index in [1.165, 1.54) is 11.1 Å². The number of hydrogen-bond donors (Lipinski definition) is 3. The zero-order valence-corrected chi connectivity index (χ0v) is 17.2. The normalized spacial score (nSPS) is 12.2. The minimum atomic E-state index is -0.588. The maximum absolute atomic E-state index is 10.3. The lowest BCUT2D eigenvalue weighted by atomic mass is 10.1. The number of aryl methyl sites for hydroxylation is 1. The topological polar surface area (TPSA) is 56.7 Å². The molecular formula is C20H28IN3O. The van der Waals surface area contributed by atoms with Gasteiger partial charge < -0.3 is 15.7 Å². The number of benzene rings is 2. The van der Waals surface area contributed by atoms with E-state index in [0.29, 0.717) is 6.54 Å². The Bertz CT molecular complexity index is 629. The third-order valence-electron chi connectivity index (χ3n) is 3.78. The number of halogens is 1. The standard InChI is InChI=1S/C20H27N3O.HI/c1-3-21-20(22-14-13-17-7-5-4-6-8-17)23-15-19(24)18-11-9-16(2)10-12-18;/h4-12,19,24H,3,13-15H2,1-2H3,(H2,21,22,23);1H. The highest BCUT2D eigenvalue weighted by Gasteiger charge is 2.07. The van der Waals surface area contributed by atoms with Crippen LogP contribution in [-0.4, -0.2) is 30.7 Å². The molecule has 0 radical (unpaired) electrons. The second kappa shape index (κ2) is 11.9. The van der Waals surface area contributed by atoms with E-state index in [4.69, 9.17) is 0 Å². The Hall–Kier alpha value is -1.60. The molecule has 0 aliphatic rings. The third kappa shape index (κ3) is 7.88. The molecule has 0 aliphatic heterocycles. The van der Waals surface area contributed by atoms with Crippen LogP contribution in [0, 0.1) is 6.92 Å². The first kappa shape index (κ1) is 21.4. The van der Waals surface area contributed by atoms with Crippen molar-refractivity contribution >= 4 is 29.9 Å². The van der Waals surface area contributed by atoms with Crippen LogP contribution in [0.5, 0.6) is 0 Å². The van der Waals surface area contributed by atoms with E-state index in [0.717, 1.165) is 31.0 Å². The summed E-state index contributed by atoms with van der Waals surface area (Å²) in [6, 6.07) is 18.3. The number of aliphatic hydroxyl groups is 1. The quantitative estimate of drug-likeness (QED) is 0.342. The molecule has 0 aliphatic carbocycles. The molecule has 2 aromatic carbocycles. The van der Waals surface area contributed by atoms with Gasteiger partial charge in [0.2, 0.25) is 0 Å². The van der Waals surface area contributed by atoms with Crippen LogP contribution in [0.3, 0.4) is 0 Å². The molecule has 0 aromatic heterocycles. The molecule has 0 bridgehead atoms. The van der Waals surface area contributed by atoms with Crippen molar-refractivity contribution in [3.05, 3.63) is 71.3 Å². The molecule has 4 nitrogen and oxygen atoms in total. The summed E-state index contributed by atoms with van der Waals surface area (Å²) < 4.78 is 0. The maximum Gasteiger partial charge on any atom is 0.191 e. The Morgan fingerprint density at radius 3 is 2.36 bits per heavy atom. The van der Waals surface area contributed by atoms with Gasteiger partial charge in [0.25, 0.3) is 0 Å². The van der Waals surface area contributed by atoms with Crippen LogP contribution in [0.1, 0.15) is 29.7 Å². The highest BCUT2D eigenvalue weighted by molar-refractivity contribution is 14.0. The lowest BCUT2D eigenvalue weighted by molar-refractivity contribution is 0.187. The van der Waals surface area contributed by atoms with Gasteiger partial charge in [0.05, 0.1) is 12.6 Å². The van der Waals surface area contributed by atoms with Gasteiger partial charge in [0, 0.05) is 13.1 Å². The molecule has 136 valence electrons. The van der Waals surface area contributed by atoms with E-state index < -0.39 is 6.10 Å². The van der Waals surface area contributed by atoms with Crippen LogP contribution >= 0.6 is 24.0 Å². The summed E-state index contributed by atoms with van der Waals surface area (Å²) in [7, 11) is 0. The van der Waals surface area contributed by atoms with Gasteiger partial charge in [-0.15, -0.1) is 24.0 Å². The molecule has 0 fully saturated rings. The van der Waals surface area contributed by atoms with Crippen LogP contribution < -0.4 is 10.6 Å². The Balaban J connectivity index is 0.00000312. The molecule has 0 spiro atoms. The summed E-state index contributed by atoms with van der Waals surface area (Å²) in [5, 5.41) is 16.8. The predicted octanol–water partition coefficient (Wildman–Crippen LogP) is 3.44. The largest absolute Gasteiger partial charge is 0.386 e. The van der Waals surface area contributed by atoms with Crippen molar-refractivity contribution in [1.29, 1.82) is 0 Å². The summed E-state index contributed by atoms with van der Waals surface area (Å²) in [6.45, 7) is 6.00. The van der Waals surface area contributed by atoms with Crippen molar-refractivity contribution in [2.24, 2.45) is 4.99 Å². The van der Waals surface area contributed by atoms with Gasteiger partial charge in [-0.05, 0) is 31.4 Å². The molecule has 2 aromatic rings. The van der Waals surface area contributed by atoms with E-state index in [2.05, 4.69) is 27.8 Å². The summed E-state index contributed by atoms with van der Waals surface area (Å²) in [4.78, 5) is 4.49. The summed E-state index contributed by atoms with van der Waals surface area (Å²) in [6.07, 6.45) is 0.348. The first-order valence-corrected chi connectivity index (χ1v) is 8.49. The van der Waals surface area contributed by atoms with E-state index >= 15 is 0 Å². The zero-order valence-electron chi connectivity index (χ0n) is 14.9. The van der Waals surface area contributed by atoms with E-state index in [-0.39, 0.29) is 24.0 Å². The Labute approximate surface area is 167 Å². The molecule has 0 saturated heterocycles. The Morgan fingerprint density at radius 1 is 1.04 bits per heavy atom. The van der Waals surface area contributed by atoms with Gasteiger partial charge in [-0.25, -0.2) is 0 Å². The van der Waals surface area contributed by atoms with Crippen molar-refractivity contribution in [1.82, 2.24) is 10.6 Å². The van der Waals surface area contributed by atoms with E-state index in [1.54, 1.807) is 0 Å². The van der Waals surface area contributed by atoms with Gasteiger partial charge in [0.1, 0.15) is 0 Å². The summed E-state index contributed by atoms with van der Waals surface area (Å²) in [5.74, 6) is 0.736. The number of nitrogens with zero attached hydrogens (tertiary/aromatic N) is 1. The van der Waals surface area contributed by atoms with Gasteiger partial charge in [-0.2, -0.15) is 0 Å². The fourth-order valence-corrected chi connectivity index (χ4v) is 2.38. The second-order valence-corrected chi connectivity index (χ2v) is 5.81. The average molecular weight is 453 g/mol. The second-order valence-electron chi connectivity index (χ2n) is 5.81. The van der Waals surface area contributed by atoms with Crippen LogP contribution in [0.4, 0.5) is 0 Å². The number of rotatable bonds is 7. The van der Waals surface area contributed by atoms with Crippen LogP contribution in [0.25, 0.3) is 0 Å². The van der Waals surface area contributed by atoms with Crippen molar-refractivity contribution in [2.45, 2.75) is 26.4 Å². The van der Waals surface area contributed by atoms with Gasteiger partial charge in [0.15, 0.2) is 5.96 Å². The van der Waals surface area contributed by atoms with Gasteiger partial charge in [-0.3, -0.25) is 4.99 Å². The Kier molecular flexibility index (Phi) is 10.2. The molecule has 1 atom stereocenters.